The Bertz CT molecular complexity index is 896. The van der Waals surface area contributed by atoms with Gasteiger partial charge in [-0.25, -0.2) is 13.2 Å². The van der Waals surface area contributed by atoms with E-state index in [1.54, 1.807) is 0 Å². The highest BCUT2D eigenvalue weighted by Crippen LogP contribution is 2.29. The summed E-state index contributed by atoms with van der Waals surface area (Å²) in [6.07, 6.45) is -5.34. The number of benzene rings is 1. The number of halogens is 6. The number of nitrogens with zero attached hydrogens (tertiary/aromatic N) is 4. The van der Waals surface area contributed by atoms with Gasteiger partial charge >= 0.3 is 6.18 Å². The van der Waals surface area contributed by atoms with Crippen molar-refractivity contribution in [3.63, 3.8) is 0 Å². The fourth-order valence-corrected chi connectivity index (χ4v) is 2.98. The number of carbonyl (C=O) groups excluding carboxylic acids is 1. The molecule has 2 aromatic rings. The Hall–Kier alpha value is -2.63. The molecule has 1 atom stereocenters. The molecule has 1 N–H and O–H groups in total. The van der Waals surface area contributed by atoms with Crippen LogP contribution in [0.1, 0.15) is 23.6 Å². The molecule has 1 aromatic heterocycles. The van der Waals surface area contributed by atoms with Crippen LogP contribution in [0.4, 0.5) is 26.3 Å². The fourth-order valence-electron chi connectivity index (χ4n) is 2.98. The second-order valence-electron chi connectivity index (χ2n) is 6.37. The maximum absolute atomic E-state index is 13.7. The van der Waals surface area contributed by atoms with Crippen LogP contribution in [0.5, 0.6) is 0 Å². The zero-order valence-electron chi connectivity index (χ0n) is 14.2. The first-order valence-electron chi connectivity index (χ1n) is 8.18. The largest absolute Gasteiger partial charge is 0.451 e. The minimum Gasteiger partial charge on any atom is -0.333 e. The Morgan fingerprint density at radius 2 is 1.79 bits per heavy atom. The number of alkyl halides is 3. The summed E-state index contributed by atoms with van der Waals surface area (Å²) in [6.45, 7) is -0.378. The van der Waals surface area contributed by atoms with Crippen LogP contribution in [0, 0.1) is 17.5 Å². The highest BCUT2D eigenvalue weighted by Gasteiger charge is 2.40. The van der Waals surface area contributed by atoms with Gasteiger partial charge in [-0.1, -0.05) is 0 Å². The lowest BCUT2D eigenvalue weighted by Gasteiger charge is -2.28. The van der Waals surface area contributed by atoms with Crippen molar-refractivity contribution in [1.29, 1.82) is 0 Å². The lowest BCUT2D eigenvalue weighted by Crippen LogP contribution is -2.41. The molecule has 12 heteroatoms. The lowest BCUT2D eigenvalue weighted by molar-refractivity contribution is -0.148. The van der Waals surface area contributed by atoms with E-state index < -0.39 is 41.4 Å². The molecule has 2 heterocycles. The first kappa shape index (κ1) is 20.1. The normalized spacial score (nSPS) is 15.5. The monoisotopic (exact) mass is 406 g/mol. The summed E-state index contributed by atoms with van der Waals surface area (Å²) in [5, 5.41) is 6.57. The van der Waals surface area contributed by atoms with Gasteiger partial charge in [0.25, 0.3) is 0 Å². The molecule has 1 amide bonds. The van der Waals surface area contributed by atoms with Gasteiger partial charge in [0.1, 0.15) is 5.82 Å². The summed E-state index contributed by atoms with van der Waals surface area (Å²) >= 11 is 0. The summed E-state index contributed by atoms with van der Waals surface area (Å²) in [5.74, 6) is -5.33. The van der Waals surface area contributed by atoms with Gasteiger partial charge in [0.2, 0.25) is 11.7 Å². The van der Waals surface area contributed by atoms with E-state index in [0.717, 1.165) is 4.57 Å². The Morgan fingerprint density at radius 3 is 2.46 bits per heavy atom. The topological polar surface area (TPSA) is 74.8 Å². The summed E-state index contributed by atoms with van der Waals surface area (Å²) in [4.78, 5) is 13.5. The maximum Gasteiger partial charge on any atom is 0.451 e. The van der Waals surface area contributed by atoms with Crippen molar-refractivity contribution in [3.05, 3.63) is 46.8 Å². The van der Waals surface area contributed by atoms with Crippen LogP contribution >= 0.6 is 0 Å². The van der Waals surface area contributed by atoms with Gasteiger partial charge in [-0.15, -0.1) is 10.2 Å². The summed E-state index contributed by atoms with van der Waals surface area (Å²) in [5.41, 5.74) is 7.66. The molecule has 1 aromatic carbocycles. The van der Waals surface area contributed by atoms with Gasteiger partial charge < -0.3 is 9.47 Å². The number of aromatic nitrogens is 3. The molecular weight excluding hydrogens is 392 g/mol. The van der Waals surface area contributed by atoms with E-state index >= 15 is 0 Å². The van der Waals surface area contributed by atoms with Crippen molar-refractivity contribution in [3.8, 4) is 0 Å². The van der Waals surface area contributed by atoms with E-state index in [0.29, 0.717) is 12.1 Å². The minimum absolute atomic E-state index is 0.0277. The van der Waals surface area contributed by atoms with Gasteiger partial charge in [-0.2, -0.15) is 13.2 Å². The summed E-state index contributed by atoms with van der Waals surface area (Å²) < 4.78 is 79.2. The second kappa shape index (κ2) is 7.41. The molecule has 6 nitrogen and oxygen atoms in total. The van der Waals surface area contributed by atoms with Crippen molar-refractivity contribution in [1.82, 2.24) is 25.4 Å². The molecule has 28 heavy (non-hydrogen) atoms. The second-order valence-corrected chi connectivity index (χ2v) is 6.37. The number of fused-ring (bicyclic) bond motifs is 1. The van der Waals surface area contributed by atoms with Crippen LogP contribution in [-0.4, -0.2) is 38.2 Å². The van der Waals surface area contributed by atoms with E-state index in [-0.39, 0.29) is 43.9 Å². The Kier molecular flexibility index (Phi) is 5.33. The predicted molar refractivity (Wildman–Crippen MR) is 82.0 cm³/mol. The van der Waals surface area contributed by atoms with Crippen molar-refractivity contribution < 1.29 is 31.1 Å². The molecule has 151 valence electrons. The van der Waals surface area contributed by atoms with Crippen LogP contribution in [-0.2, 0) is 30.5 Å². The quantitative estimate of drug-likeness (QED) is 0.578. The third kappa shape index (κ3) is 4.11. The number of nitrogens with one attached hydrogen (secondary N) is 1. The smallest absolute Gasteiger partial charge is 0.333 e. The molecule has 1 radical (unpaired) electrons. The highest BCUT2D eigenvalue weighted by molar-refractivity contribution is 5.76. The van der Waals surface area contributed by atoms with E-state index in [4.69, 9.17) is 5.73 Å². The van der Waals surface area contributed by atoms with Crippen molar-refractivity contribution >= 4 is 5.91 Å². The molecular formula is C16H14F6N5O. The molecule has 0 aliphatic carbocycles. The minimum atomic E-state index is -4.65. The van der Waals surface area contributed by atoms with E-state index in [1.807, 2.05) is 0 Å². The average Bonchev–Trinajstić information content (AvgIpc) is 3.03. The van der Waals surface area contributed by atoms with Crippen LogP contribution < -0.4 is 5.73 Å². The molecule has 0 fully saturated rings. The highest BCUT2D eigenvalue weighted by atomic mass is 19.4. The molecule has 0 saturated heterocycles. The van der Waals surface area contributed by atoms with Gasteiger partial charge in [-0.05, 0) is 18.1 Å². The lowest BCUT2D eigenvalue weighted by atomic mass is 10.0. The maximum atomic E-state index is 13.7. The standard InChI is InChI=1S/C16H14F6N5O/c17-10-6-12(19)11(18)4-8(10)3-9(23)5-14(28)26-1-2-27-13(7-26)24-25-15(27)16(20,21)22/h4,6,9,23H,1-3,5,7H2/t9-/m1/s1. The van der Waals surface area contributed by atoms with Crippen molar-refractivity contribution in [2.24, 2.45) is 0 Å². The summed E-state index contributed by atoms with van der Waals surface area (Å²) in [6, 6.07) is -0.134. The first-order valence-corrected chi connectivity index (χ1v) is 8.18. The molecule has 1 aliphatic heterocycles. The molecule has 0 unspecified atom stereocenters. The van der Waals surface area contributed by atoms with E-state index in [1.165, 1.54) is 4.90 Å². The van der Waals surface area contributed by atoms with Gasteiger partial charge in [0.15, 0.2) is 17.5 Å². The van der Waals surface area contributed by atoms with Gasteiger partial charge in [0, 0.05) is 31.6 Å². The van der Waals surface area contributed by atoms with Gasteiger partial charge in [-0.3, -0.25) is 10.5 Å². The SMILES string of the molecule is [NH][C@@H](CC(=O)N1CCn2c(nnc2C(F)(F)F)C1)Cc1cc(F)c(F)cc1F. The zero-order valence-corrected chi connectivity index (χ0v) is 14.2. The third-order valence-corrected chi connectivity index (χ3v) is 4.34. The number of carbonyl (C=O) groups is 1. The molecule has 0 spiro atoms. The molecule has 0 bridgehead atoms. The van der Waals surface area contributed by atoms with E-state index in [9.17, 15) is 31.1 Å². The van der Waals surface area contributed by atoms with Crippen LogP contribution in [0.2, 0.25) is 0 Å². The van der Waals surface area contributed by atoms with Crippen LogP contribution in [0.3, 0.4) is 0 Å². The average molecular weight is 406 g/mol. The number of rotatable bonds is 4. The van der Waals surface area contributed by atoms with Crippen LogP contribution in [0.15, 0.2) is 12.1 Å². The Labute approximate surface area is 154 Å². The van der Waals surface area contributed by atoms with Crippen molar-refractivity contribution in [2.75, 3.05) is 6.54 Å². The fraction of sp³-hybridized carbons (Fsp3) is 0.438. The molecule has 1 aliphatic rings. The molecule has 0 saturated carbocycles. The third-order valence-electron chi connectivity index (χ3n) is 4.34. The van der Waals surface area contributed by atoms with E-state index in [2.05, 4.69) is 10.2 Å². The number of hydrogen-bond donors (Lipinski definition) is 0. The van der Waals surface area contributed by atoms with Gasteiger partial charge in [0.05, 0.1) is 6.54 Å². The predicted octanol–water partition coefficient (Wildman–Crippen LogP) is 2.34. The Morgan fingerprint density at radius 1 is 1.11 bits per heavy atom. The van der Waals surface area contributed by atoms with Crippen LogP contribution in [0.25, 0.3) is 0 Å². The Balaban J connectivity index is 1.63. The number of hydrogen-bond acceptors (Lipinski definition) is 3. The zero-order chi connectivity index (χ0) is 20.6. The van der Waals surface area contributed by atoms with Crippen molar-refractivity contribution in [2.45, 2.75) is 38.1 Å². The molecule has 3 rings (SSSR count). The first-order chi connectivity index (χ1) is 13.1. The summed E-state index contributed by atoms with van der Waals surface area (Å²) in [7, 11) is 0. The number of amides is 1.